The first-order chi connectivity index (χ1) is 10.2. The number of aromatic hydroxyl groups is 1. The van der Waals surface area contributed by atoms with Gasteiger partial charge in [-0.15, -0.1) is 0 Å². The van der Waals surface area contributed by atoms with Crippen molar-refractivity contribution in [1.29, 1.82) is 0 Å². The molecule has 0 saturated carbocycles. The molecule has 1 aromatic carbocycles. The summed E-state index contributed by atoms with van der Waals surface area (Å²) >= 11 is 0. The molecule has 1 rings (SSSR count). The molecule has 2 nitrogen and oxygen atoms in total. The number of hydrogen-bond donors (Lipinski definition) is 2. The molecule has 0 aliphatic heterocycles. The molecule has 0 aliphatic rings. The molecule has 0 saturated heterocycles. The second-order valence-electron chi connectivity index (χ2n) is 6.15. The molecule has 120 valence electrons. The SMILES string of the molecule is CCCCCCCCCCC[C@H](O)c1cccc(C)c1O. The van der Waals surface area contributed by atoms with Crippen LogP contribution in [-0.2, 0) is 0 Å². The molecule has 0 spiro atoms. The molecule has 0 unspecified atom stereocenters. The molecule has 2 heteroatoms. The molecule has 21 heavy (non-hydrogen) atoms. The van der Waals surface area contributed by atoms with Crippen LogP contribution in [0.1, 0.15) is 88.4 Å². The topological polar surface area (TPSA) is 40.5 Å². The predicted molar refractivity (Wildman–Crippen MR) is 89.6 cm³/mol. The van der Waals surface area contributed by atoms with Gasteiger partial charge in [-0.3, -0.25) is 0 Å². The van der Waals surface area contributed by atoms with Crippen molar-refractivity contribution in [1.82, 2.24) is 0 Å². The smallest absolute Gasteiger partial charge is 0.124 e. The summed E-state index contributed by atoms with van der Waals surface area (Å²) in [4.78, 5) is 0. The molecule has 1 atom stereocenters. The van der Waals surface area contributed by atoms with Crippen LogP contribution in [0, 0.1) is 6.92 Å². The number of aliphatic hydroxyl groups excluding tert-OH is 1. The molecule has 0 heterocycles. The number of aliphatic hydroxyl groups is 1. The van der Waals surface area contributed by atoms with Crippen molar-refractivity contribution in [2.45, 2.75) is 84.2 Å². The van der Waals surface area contributed by atoms with E-state index in [4.69, 9.17) is 0 Å². The Labute approximate surface area is 130 Å². The van der Waals surface area contributed by atoms with Gasteiger partial charge in [-0.1, -0.05) is 82.9 Å². The highest BCUT2D eigenvalue weighted by atomic mass is 16.3. The number of rotatable bonds is 11. The van der Waals surface area contributed by atoms with Crippen LogP contribution in [0.25, 0.3) is 0 Å². The second kappa shape index (κ2) is 10.7. The summed E-state index contributed by atoms with van der Waals surface area (Å²) < 4.78 is 0. The van der Waals surface area contributed by atoms with Gasteiger partial charge in [0.1, 0.15) is 5.75 Å². The summed E-state index contributed by atoms with van der Waals surface area (Å²) in [7, 11) is 0. The van der Waals surface area contributed by atoms with Crippen molar-refractivity contribution < 1.29 is 10.2 Å². The lowest BCUT2D eigenvalue weighted by atomic mass is 9.99. The Hall–Kier alpha value is -1.02. The van der Waals surface area contributed by atoms with Crippen LogP contribution in [0.2, 0.25) is 0 Å². The average molecular weight is 292 g/mol. The van der Waals surface area contributed by atoms with E-state index >= 15 is 0 Å². The van der Waals surface area contributed by atoms with E-state index in [-0.39, 0.29) is 5.75 Å². The Balaban J connectivity index is 2.11. The average Bonchev–Trinajstić information content (AvgIpc) is 2.48. The first-order valence-electron chi connectivity index (χ1n) is 8.63. The minimum atomic E-state index is -0.533. The summed E-state index contributed by atoms with van der Waals surface area (Å²) in [5.41, 5.74) is 1.51. The fourth-order valence-electron chi connectivity index (χ4n) is 2.75. The van der Waals surface area contributed by atoms with Crippen LogP contribution in [-0.4, -0.2) is 10.2 Å². The van der Waals surface area contributed by atoms with E-state index in [1.54, 1.807) is 0 Å². The number of phenols is 1. The summed E-state index contributed by atoms with van der Waals surface area (Å²) in [6, 6.07) is 5.58. The number of aryl methyl sites for hydroxylation is 1. The van der Waals surface area contributed by atoms with Crippen LogP contribution in [0.3, 0.4) is 0 Å². The lowest BCUT2D eigenvalue weighted by molar-refractivity contribution is 0.159. The van der Waals surface area contributed by atoms with Crippen molar-refractivity contribution in [2.75, 3.05) is 0 Å². The first kappa shape index (κ1) is 18.0. The summed E-state index contributed by atoms with van der Waals surface area (Å²) in [5.74, 6) is 0.251. The van der Waals surface area contributed by atoms with E-state index in [0.717, 1.165) is 18.4 Å². The molecule has 0 fully saturated rings. The maximum Gasteiger partial charge on any atom is 0.124 e. The Bertz CT molecular complexity index is 387. The molecule has 1 aromatic rings. The minimum absolute atomic E-state index is 0.251. The molecule has 0 amide bonds. The van der Waals surface area contributed by atoms with Crippen LogP contribution in [0.15, 0.2) is 18.2 Å². The van der Waals surface area contributed by atoms with Crippen molar-refractivity contribution in [3.8, 4) is 5.75 Å². The molecular formula is C19H32O2. The van der Waals surface area contributed by atoms with E-state index < -0.39 is 6.10 Å². The van der Waals surface area contributed by atoms with Crippen molar-refractivity contribution in [3.63, 3.8) is 0 Å². The van der Waals surface area contributed by atoms with Gasteiger partial charge < -0.3 is 10.2 Å². The first-order valence-corrected chi connectivity index (χ1v) is 8.63. The third kappa shape index (κ3) is 6.99. The van der Waals surface area contributed by atoms with E-state index in [0.29, 0.717) is 5.56 Å². The van der Waals surface area contributed by atoms with Gasteiger partial charge >= 0.3 is 0 Å². The number of hydrogen-bond acceptors (Lipinski definition) is 2. The number of unbranched alkanes of at least 4 members (excludes halogenated alkanes) is 8. The summed E-state index contributed by atoms with van der Waals surface area (Å²) in [6.07, 6.45) is 11.8. The van der Waals surface area contributed by atoms with Crippen LogP contribution < -0.4 is 0 Å². The second-order valence-corrected chi connectivity index (χ2v) is 6.15. The largest absolute Gasteiger partial charge is 0.507 e. The highest BCUT2D eigenvalue weighted by Gasteiger charge is 2.12. The van der Waals surface area contributed by atoms with Gasteiger partial charge in [0.25, 0.3) is 0 Å². The normalized spacial score (nSPS) is 12.5. The zero-order chi connectivity index (χ0) is 15.5. The Morgan fingerprint density at radius 3 is 2.10 bits per heavy atom. The third-order valence-corrected chi connectivity index (χ3v) is 4.21. The monoisotopic (exact) mass is 292 g/mol. The van der Waals surface area contributed by atoms with Crippen LogP contribution in [0.4, 0.5) is 0 Å². The number of benzene rings is 1. The van der Waals surface area contributed by atoms with Gasteiger partial charge in [0.05, 0.1) is 6.10 Å². The van der Waals surface area contributed by atoms with Gasteiger partial charge in [0, 0.05) is 5.56 Å². The van der Waals surface area contributed by atoms with Gasteiger partial charge in [-0.25, -0.2) is 0 Å². The molecule has 0 bridgehead atoms. The van der Waals surface area contributed by atoms with Crippen LogP contribution in [0.5, 0.6) is 5.75 Å². The molecule has 0 radical (unpaired) electrons. The molecule has 0 aliphatic carbocycles. The maximum absolute atomic E-state index is 10.2. The fourth-order valence-corrected chi connectivity index (χ4v) is 2.75. The fraction of sp³-hybridized carbons (Fsp3) is 0.684. The quantitative estimate of drug-likeness (QED) is 0.517. The van der Waals surface area contributed by atoms with Crippen LogP contribution >= 0.6 is 0 Å². The van der Waals surface area contributed by atoms with Crippen molar-refractivity contribution >= 4 is 0 Å². The number of phenolic OH excluding ortho intramolecular Hbond substituents is 1. The highest BCUT2D eigenvalue weighted by Crippen LogP contribution is 2.30. The van der Waals surface area contributed by atoms with E-state index in [9.17, 15) is 10.2 Å². The lowest BCUT2D eigenvalue weighted by Crippen LogP contribution is -1.98. The van der Waals surface area contributed by atoms with E-state index in [2.05, 4.69) is 6.92 Å². The van der Waals surface area contributed by atoms with E-state index in [1.807, 2.05) is 25.1 Å². The van der Waals surface area contributed by atoms with Gasteiger partial charge in [-0.05, 0) is 18.9 Å². The molecule has 0 aromatic heterocycles. The Kier molecular flexibility index (Phi) is 9.16. The number of para-hydroxylation sites is 1. The minimum Gasteiger partial charge on any atom is -0.507 e. The standard InChI is InChI=1S/C19H32O2/c1-3-4-5-6-7-8-9-10-11-15-18(20)17-14-12-13-16(2)19(17)21/h12-14,18,20-21H,3-11,15H2,1-2H3/t18-/m0/s1. The zero-order valence-electron chi connectivity index (χ0n) is 13.8. The molecular weight excluding hydrogens is 260 g/mol. The third-order valence-electron chi connectivity index (χ3n) is 4.21. The summed E-state index contributed by atoms with van der Waals surface area (Å²) in [6.45, 7) is 4.11. The maximum atomic E-state index is 10.2. The Morgan fingerprint density at radius 1 is 0.905 bits per heavy atom. The van der Waals surface area contributed by atoms with Gasteiger partial charge in [-0.2, -0.15) is 0 Å². The predicted octanol–water partition coefficient (Wildman–Crippen LogP) is 5.65. The highest BCUT2D eigenvalue weighted by molar-refractivity contribution is 5.40. The van der Waals surface area contributed by atoms with E-state index in [1.165, 1.54) is 51.4 Å². The molecule has 2 N–H and O–H groups in total. The van der Waals surface area contributed by atoms with Crippen molar-refractivity contribution in [3.05, 3.63) is 29.3 Å². The van der Waals surface area contributed by atoms with Gasteiger partial charge in [0.2, 0.25) is 0 Å². The summed E-state index contributed by atoms with van der Waals surface area (Å²) in [5, 5.41) is 20.1. The van der Waals surface area contributed by atoms with Gasteiger partial charge in [0.15, 0.2) is 0 Å². The zero-order valence-corrected chi connectivity index (χ0v) is 13.8. The lowest BCUT2D eigenvalue weighted by Gasteiger charge is -2.13. The Morgan fingerprint density at radius 2 is 1.48 bits per heavy atom. The van der Waals surface area contributed by atoms with Crippen molar-refractivity contribution in [2.24, 2.45) is 0 Å².